The molecular weight excluding hydrogens is 308 g/mol. The minimum atomic E-state index is -0.712. The normalized spacial score (nSPS) is 12.0. The minimum Gasteiger partial charge on any atom is -0.497 e. The topological polar surface area (TPSA) is 54.0 Å². The summed E-state index contributed by atoms with van der Waals surface area (Å²) in [6.45, 7) is 0. The Hall–Kier alpha value is -2.37. The van der Waals surface area contributed by atoms with E-state index in [9.17, 15) is 4.79 Å². The number of para-hydroxylation sites is 1. The van der Waals surface area contributed by atoms with Gasteiger partial charge in [-0.25, -0.2) is 0 Å². The van der Waals surface area contributed by atoms with Crippen LogP contribution in [-0.2, 0) is 9.47 Å². The molecule has 0 aliphatic carbocycles. The maximum Gasteiger partial charge on any atom is 0.179 e. The third kappa shape index (κ3) is 3.75. The summed E-state index contributed by atoms with van der Waals surface area (Å²) in [4.78, 5) is 13.2. The van der Waals surface area contributed by atoms with Crippen molar-refractivity contribution in [2.24, 2.45) is 0 Å². The Bertz CT molecular complexity index is 662. The molecular formula is C19H22O5. The first-order valence-electron chi connectivity index (χ1n) is 7.53. The second-order valence-corrected chi connectivity index (χ2v) is 5.16. The first-order valence-corrected chi connectivity index (χ1v) is 7.53. The average molecular weight is 330 g/mol. The van der Waals surface area contributed by atoms with Gasteiger partial charge in [-0.15, -0.1) is 0 Å². The smallest absolute Gasteiger partial charge is 0.179 e. The van der Waals surface area contributed by atoms with Gasteiger partial charge in [0.25, 0.3) is 0 Å². The number of hydrogen-bond donors (Lipinski definition) is 0. The molecule has 1 unspecified atom stereocenters. The molecule has 2 rings (SSSR count). The van der Waals surface area contributed by atoms with E-state index in [0.29, 0.717) is 17.1 Å². The largest absolute Gasteiger partial charge is 0.497 e. The van der Waals surface area contributed by atoms with E-state index in [2.05, 4.69) is 0 Å². The molecule has 24 heavy (non-hydrogen) atoms. The fraction of sp³-hybridized carbons (Fsp3) is 0.316. The minimum absolute atomic E-state index is 0.133. The van der Waals surface area contributed by atoms with E-state index < -0.39 is 12.2 Å². The molecule has 0 heterocycles. The molecule has 0 spiro atoms. The van der Waals surface area contributed by atoms with Gasteiger partial charge < -0.3 is 18.9 Å². The summed E-state index contributed by atoms with van der Waals surface area (Å²) >= 11 is 0. The predicted molar refractivity (Wildman–Crippen MR) is 90.9 cm³/mol. The van der Waals surface area contributed by atoms with Crippen molar-refractivity contribution in [3.63, 3.8) is 0 Å². The van der Waals surface area contributed by atoms with Crippen LogP contribution in [0.1, 0.15) is 21.8 Å². The van der Waals surface area contributed by atoms with E-state index in [1.165, 1.54) is 14.2 Å². The van der Waals surface area contributed by atoms with Crippen LogP contribution in [0.5, 0.6) is 11.5 Å². The monoisotopic (exact) mass is 330 g/mol. The molecule has 5 heteroatoms. The van der Waals surface area contributed by atoms with Crippen molar-refractivity contribution in [2.75, 3.05) is 28.4 Å². The van der Waals surface area contributed by atoms with Gasteiger partial charge in [0.2, 0.25) is 0 Å². The quantitative estimate of drug-likeness (QED) is 0.549. The zero-order valence-electron chi connectivity index (χ0n) is 14.3. The third-order valence-corrected chi connectivity index (χ3v) is 3.87. The molecule has 5 nitrogen and oxygen atoms in total. The first-order chi connectivity index (χ1) is 11.7. The summed E-state index contributed by atoms with van der Waals surface area (Å²) in [5.41, 5.74) is 1.26. The van der Waals surface area contributed by atoms with Crippen molar-refractivity contribution in [1.82, 2.24) is 0 Å². The van der Waals surface area contributed by atoms with Crippen molar-refractivity contribution in [3.05, 3.63) is 59.7 Å². The second kappa shape index (κ2) is 8.47. The van der Waals surface area contributed by atoms with Crippen molar-refractivity contribution < 1.29 is 23.7 Å². The number of methoxy groups -OCH3 is 4. The highest BCUT2D eigenvalue weighted by molar-refractivity contribution is 6.03. The van der Waals surface area contributed by atoms with E-state index in [-0.39, 0.29) is 5.78 Å². The maximum absolute atomic E-state index is 13.2. The van der Waals surface area contributed by atoms with Crippen LogP contribution in [0.4, 0.5) is 0 Å². The molecule has 1 atom stereocenters. The van der Waals surface area contributed by atoms with E-state index >= 15 is 0 Å². The number of carbonyl (C=O) groups is 1. The van der Waals surface area contributed by atoms with Crippen LogP contribution in [0, 0.1) is 0 Å². The predicted octanol–water partition coefficient (Wildman–Crippen LogP) is 3.29. The summed E-state index contributed by atoms with van der Waals surface area (Å²) in [5.74, 6) is 0.481. The van der Waals surface area contributed by atoms with Crippen LogP contribution in [0.15, 0.2) is 48.5 Å². The van der Waals surface area contributed by atoms with E-state index in [0.717, 1.165) is 5.56 Å². The first kappa shape index (κ1) is 18.0. The van der Waals surface area contributed by atoms with Gasteiger partial charge in [-0.1, -0.05) is 24.3 Å². The zero-order chi connectivity index (χ0) is 17.5. The van der Waals surface area contributed by atoms with Crippen molar-refractivity contribution >= 4 is 5.78 Å². The van der Waals surface area contributed by atoms with Gasteiger partial charge in [0, 0.05) is 14.2 Å². The fourth-order valence-electron chi connectivity index (χ4n) is 2.63. The zero-order valence-corrected chi connectivity index (χ0v) is 14.3. The number of carbonyl (C=O) groups excluding carboxylic acids is 1. The molecule has 0 aliphatic rings. The average Bonchev–Trinajstić information content (AvgIpc) is 2.65. The van der Waals surface area contributed by atoms with Gasteiger partial charge in [0.05, 0.1) is 25.7 Å². The Morgan fingerprint density at radius 1 is 0.833 bits per heavy atom. The molecule has 0 saturated heterocycles. The van der Waals surface area contributed by atoms with Crippen LogP contribution in [0.3, 0.4) is 0 Å². The van der Waals surface area contributed by atoms with Crippen molar-refractivity contribution in [1.29, 1.82) is 0 Å². The lowest BCUT2D eigenvalue weighted by Gasteiger charge is -2.25. The molecule has 0 bridgehead atoms. The molecule has 0 radical (unpaired) electrons. The van der Waals surface area contributed by atoms with Crippen LogP contribution in [0.2, 0.25) is 0 Å². The van der Waals surface area contributed by atoms with E-state index in [4.69, 9.17) is 18.9 Å². The molecule has 128 valence electrons. The van der Waals surface area contributed by atoms with Gasteiger partial charge in [-0.3, -0.25) is 4.79 Å². The van der Waals surface area contributed by atoms with Gasteiger partial charge >= 0.3 is 0 Å². The highest BCUT2D eigenvalue weighted by atomic mass is 16.7. The second-order valence-electron chi connectivity index (χ2n) is 5.16. The standard InChI is InChI=1S/C19H22O5/c1-21-14-11-9-13(10-12-14)17(19(23-3)24-4)18(20)15-7-5-6-8-16(15)22-2/h5-12,17,19H,1-4H3. The number of Topliss-reactive ketones (excluding diaryl/α,β-unsaturated/α-hetero) is 1. The van der Waals surface area contributed by atoms with Gasteiger partial charge in [-0.2, -0.15) is 0 Å². The summed E-state index contributed by atoms with van der Waals surface area (Å²) in [7, 11) is 6.17. The molecule has 0 saturated carbocycles. The molecule has 0 N–H and O–H groups in total. The lowest BCUT2D eigenvalue weighted by atomic mass is 9.89. The number of benzene rings is 2. The summed E-state index contributed by atoms with van der Waals surface area (Å²) in [5, 5.41) is 0. The molecule has 0 aromatic heterocycles. The molecule has 0 fully saturated rings. The Morgan fingerprint density at radius 3 is 2.00 bits per heavy atom. The fourth-order valence-corrected chi connectivity index (χ4v) is 2.63. The van der Waals surface area contributed by atoms with Gasteiger partial charge in [-0.05, 0) is 29.8 Å². The Kier molecular flexibility index (Phi) is 6.35. The lowest BCUT2D eigenvalue weighted by Crippen LogP contribution is -2.30. The molecule has 0 amide bonds. The highest BCUT2D eigenvalue weighted by Crippen LogP contribution is 2.31. The van der Waals surface area contributed by atoms with Crippen LogP contribution < -0.4 is 9.47 Å². The SMILES string of the molecule is COc1ccc(C(C(=O)c2ccccc2OC)C(OC)OC)cc1. The van der Waals surface area contributed by atoms with Crippen LogP contribution >= 0.6 is 0 Å². The molecule has 0 aliphatic heterocycles. The van der Waals surface area contributed by atoms with Crippen molar-refractivity contribution in [3.8, 4) is 11.5 Å². The Morgan fingerprint density at radius 2 is 1.46 bits per heavy atom. The number of hydrogen-bond acceptors (Lipinski definition) is 5. The summed E-state index contributed by atoms with van der Waals surface area (Å²) < 4.78 is 21.2. The van der Waals surface area contributed by atoms with Crippen molar-refractivity contribution in [2.45, 2.75) is 12.2 Å². The highest BCUT2D eigenvalue weighted by Gasteiger charge is 2.32. The van der Waals surface area contributed by atoms with Gasteiger partial charge in [0.15, 0.2) is 12.1 Å². The van der Waals surface area contributed by atoms with Crippen LogP contribution in [-0.4, -0.2) is 40.5 Å². The van der Waals surface area contributed by atoms with E-state index in [1.807, 2.05) is 18.2 Å². The molecule has 2 aromatic carbocycles. The third-order valence-electron chi connectivity index (χ3n) is 3.87. The number of ether oxygens (including phenoxy) is 4. The van der Waals surface area contributed by atoms with E-state index in [1.54, 1.807) is 44.6 Å². The maximum atomic E-state index is 13.2. The Balaban J connectivity index is 2.47. The summed E-state index contributed by atoms with van der Waals surface area (Å²) in [6, 6.07) is 14.4. The summed E-state index contributed by atoms with van der Waals surface area (Å²) in [6.07, 6.45) is -0.712. The number of ketones is 1. The van der Waals surface area contributed by atoms with Crippen LogP contribution in [0.25, 0.3) is 0 Å². The molecule has 2 aromatic rings. The Labute approximate surface area is 142 Å². The number of rotatable bonds is 8. The van der Waals surface area contributed by atoms with Gasteiger partial charge in [0.1, 0.15) is 11.5 Å². The lowest BCUT2D eigenvalue weighted by molar-refractivity contribution is -0.110.